The summed E-state index contributed by atoms with van der Waals surface area (Å²) < 4.78 is 12.7. The lowest BCUT2D eigenvalue weighted by atomic mass is 9.46. The van der Waals surface area contributed by atoms with Crippen LogP contribution in [0.15, 0.2) is 23.8 Å². The minimum Gasteiger partial charge on any atom is -0.290 e. The first-order chi connectivity index (χ1) is 12.3. The summed E-state index contributed by atoms with van der Waals surface area (Å²) in [4.78, 5) is 24.5. The van der Waals surface area contributed by atoms with E-state index in [1.165, 1.54) is 5.57 Å². The van der Waals surface area contributed by atoms with Gasteiger partial charge in [0.15, 0.2) is 10.9 Å². The molecule has 0 bridgehead atoms. The van der Waals surface area contributed by atoms with Crippen LogP contribution < -0.4 is 0 Å². The number of alkyl halides is 1. The van der Waals surface area contributed by atoms with Gasteiger partial charge in [-0.1, -0.05) is 44.2 Å². The average Bonchev–Trinajstić information content (AvgIpc) is 2.94. The maximum atomic E-state index is 12.7. The predicted octanol–water partition coefficient (Wildman–Crippen LogP) is 5.34. The molecule has 4 aliphatic carbocycles. The molecule has 3 fully saturated rings. The fourth-order valence-corrected chi connectivity index (χ4v) is 7.85. The fourth-order valence-electron chi connectivity index (χ4n) is 7.16. The summed E-state index contributed by atoms with van der Waals surface area (Å²) in [6.07, 6.45) is 11.1. The van der Waals surface area contributed by atoms with Crippen LogP contribution in [0, 0.1) is 40.4 Å². The molecule has 0 spiro atoms. The molecule has 0 aliphatic heterocycles. The number of carbonyl (C=O) groups excluding carboxylic acids is 2. The third-order valence-electron chi connectivity index (χ3n) is 8.36. The lowest BCUT2D eigenvalue weighted by molar-refractivity contribution is -0.121. The Labute approximate surface area is 160 Å². The van der Waals surface area contributed by atoms with Gasteiger partial charge < -0.3 is 0 Å². The van der Waals surface area contributed by atoms with Gasteiger partial charge in [0.05, 0.1) is 0 Å². The Morgan fingerprint density at radius 3 is 2.77 bits per heavy atom. The minimum atomic E-state index is -0.607. The van der Waals surface area contributed by atoms with Gasteiger partial charge in [0.2, 0.25) is 0 Å². The van der Waals surface area contributed by atoms with Crippen LogP contribution in [0.3, 0.4) is 0 Å². The van der Waals surface area contributed by atoms with Crippen molar-refractivity contribution in [3.63, 3.8) is 0 Å². The zero-order valence-electron chi connectivity index (χ0n) is 16.0. The van der Waals surface area contributed by atoms with E-state index in [4.69, 9.17) is 0 Å². The van der Waals surface area contributed by atoms with E-state index in [-0.39, 0.29) is 27.6 Å². The molecule has 4 rings (SSSR count). The molecule has 0 radical (unpaired) electrons. The molecule has 0 aromatic rings. The van der Waals surface area contributed by atoms with Crippen molar-refractivity contribution in [3.05, 3.63) is 23.8 Å². The van der Waals surface area contributed by atoms with Crippen LogP contribution in [-0.4, -0.2) is 16.9 Å². The number of rotatable bonds is 2. The summed E-state index contributed by atoms with van der Waals surface area (Å²) in [7, 11) is 0. The van der Waals surface area contributed by atoms with Gasteiger partial charge in [-0.15, -0.1) is 0 Å². The molecule has 7 atom stereocenters. The van der Waals surface area contributed by atoms with Crippen LogP contribution >= 0.6 is 11.8 Å². The summed E-state index contributed by atoms with van der Waals surface area (Å²) in [5, 5.41) is 0.0646. The van der Waals surface area contributed by atoms with Gasteiger partial charge in [-0.3, -0.25) is 9.59 Å². The van der Waals surface area contributed by atoms with Crippen molar-refractivity contribution in [2.45, 2.75) is 52.9 Å². The standard InChI is InChI=1S/C22H29FO2S/c1-13-10-15-16-4-5-18(20(25)26-12-23)21(16,2)9-7-17(15)22(3)8-6-14(24)11-19(13)22/h6,8,11,13,15-18H,4-5,7,9-10,12H2,1-3H3/t13-,15-,16-,17-,18+,21-,22+/m0/s1. The van der Waals surface area contributed by atoms with E-state index in [0.717, 1.165) is 43.9 Å². The van der Waals surface area contributed by atoms with Gasteiger partial charge in [0.25, 0.3) is 0 Å². The van der Waals surface area contributed by atoms with E-state index in [0.29, 0.717) is 23.7 Å². The van der Waals surface area contributed by atoms with Crippen molar-refractivity contribution in [2.24, 2.45) is 40.4 Å². The second-order valence-corrected chi connectivity index (χ2v) is 10.3. The summed E-state index contributed by atoms with van der Waals surface area (Å²) in [5.41, 5.74) is 1.31. The predicted molar refractivity (Wildman–Crippen MR) is 103 cm³/mol. The summed E-state index contributed by atoms with van der Waals surface area (Å²) in [6.45, 7) is 6.87. The lowest BCUT2D eigenvalue weighted by Gasteiger charge is -2.58. The maximum Gasteiger partial charge on any atom is 0.195 e. The maximum absolute atomic E-state index is 12.7. The van der Waals surface area contributed by atoms with E-state index in [1.807, 2.05) is 6.08 Å². The van der Waals surface area contributed by atoms with Crippen LogP contribution in [0.5, 0.6) is 0 Å². The fraction of sp³-hybridized carbons (Fsp3) is 0.727. The molecule has 0 aromatic carbocycles. The second-order valence-electron chi connectivity index (χ2n) is 9.38. The molecule has 0 heterocycles. The van der Waals surface area contributed by atoms with Crippen LogP contribution in [-0.2, 0) is 9.59 Å². The molecule has 142 valence electrons. The smallest absolute Gasteiger partial charge is 0.195 e. The molecule has 0 amide bonds. The normalized spacial score (nSPS) is 47.0. The zero-order chi connectivity index (χ0) is 18.7. The molecule has 4 aliphatic rings. The third kappa shape index (κ3) is 2.51. The molecule has 0 saturated heterocycles. The van der Waals surface area contributed by atoms with Gasteiger partial charge in [0.1, 0.15) is 6.01 Å². The first-order valence-corrected chi connectivity index (χ1v) is 11.0. The van der Waals surface area contributed by atoms with Gasteiger partial charge in [-0.25, -0.2) is 4.39 Å². The van der Waals surface area contributed by atoms with Gasteiger partial charge in [-0.05, 0) is 73.3 Å². The van der Waals surface area contributed by atoms with Gasteiger partial charge in [0, 0.05) is 11.3 Å². The Bertz CT molecular complexity index is 698. The first-order valence-electron chi connectivity index (χ1n) is 9.99. The molecule has 3 saturated carbocycles. The van der Waals surface area contributed by atoms with Crippen LogP contribution in [0.2, 0.25) is 0 Å². The Balaban J connectivity index is 1.66. The van der Waals surface area contributed by atoms with E-state index in [2.05, 4.69) is 26.8 Å². The molecule has 0 aromatic heterocycles. The molecule has 0 N–H and O–H groups in total. The van der Waals surface area contributed by atoms with Crippen molar-refractivity contribution < 1.29 is 14.0 Å². The van der Waals surface area contributed by atoms with Crippen molar-refractivity contribution in [2.75, 3.05) is 6.01 Å². The Kier molecular flexibility index (Phi) is 4.49. The monoisotopic (exact) mass is 376 g/mol. The zero-order valence-corrected chi connectivity index (χ0v) is 16.8. The van der Waals surface area contributed by atoms with E-state index < -0.39 is 6.01 Å². The number of halogens is 1. The van der Waals surface area contributed by atoms with Crippen molar-refractivity contribution in [1.29, 1.82) is 0 Å². The highest BCUT2D eigenvalue weighted by molar-refractivity contribution is 8.13. The largest absolute Gasteiger partial charge is 0.290 e. The number of hydrogen-bond donors (Lipinski definition) is 0. The Morgan fingerprint density at radius 1 is 1.27 bits per heavy atom. The van der Waals surface area contributed by atoms with Crippen LogP contribution in [0.1, 0.15) is 52.9 Å². The number of carbonyl (C=O) groups is 2. The second kappa shape index (κ2) is 6.32. The van der Waals surface area contributed by atoms with Gasteiger partial charge >= 0.3 is 0 Å². The lowest BCUT2D eigenvalue weighted by Crippen LogP contribution is -2.51. The first kappa shape index (κ1) is 18.5. The third-order valence-corrected chi connectivity index (χ3v) is 9.04. The number of ketones is 1. The Hall–Kier alpha value is -0.900. The average molecular weight is 377 g/mol. The summed E-state index contributed by atoms with van der Waals surface area (Å²) in [6, 6.07) is -0.607. The molecule has 2 nitrogen and oxygen atoms in total. The highest BCUT2D eigenvalue weighted by Gasteiger charge is 2.60. The molecular formula is C22H29FO2S. The topological polar surface area (TPSA) is 34.1 Å². The van der Waals surface area contributed by atoms with E-state index in [9.17, 15) is 14.0 Å². The highest BCUT2D eigenvalue weighted by atomic mass is 32.2. The number of fused-ring (bicyclic) bond motifs is 5. The number of hydrogen-bond acceptors (Lipinski definition) is 3. The molecule has 0 unspecified atom stereocenters. The highest BCUT2D eigenvalue weighted by Crippen LogP contribution is 2.67. The van der Waals surface area contributed by atoms with Crippen molar-refractivity contribution in [3.8, 4) is 0 Å². The van der Waals surface area contributed by atoms with Crippen LogP contribution in [0.4, 0.5) is 4.39 Å². The quantitative estimate of drug-likeness (QED) is 0.652. The van der Waals surface area contributed by atoms with Gasteiger partial charge in [-0.2, -0.15) is 0 Å². The molecular weight excluding hydrogens is 347 g/mol. The molecule has 4 heteroatoms. The van der Waals surface area contributed by atoms with Crippen molar-refractivity contribution in [1.82, 2.24) is 0 Å². The van der Waals surface area contributed by atoms with Crippen molar-refractivity contribution >= 4 is 22.7 Å². The number of thioether (sulfide) groups is 1. The molecule has 26 heavy (non-hydrogen) atoms. The summed E-state index contributed by atoms with van der Waals surface area (Å²) >= 11 is 0.867. The number of allylic oxidation sites excluding steroid dienone is 4. The summed E-state index contributed by atoms with van der Waals surface area (Å²) in [5.74, 6) is 2.23. The minimum absolute atomic E-state index is 0.0118. The SMILES string of the molecule is C[C@H]1C[C@H]2[C@@H]3CC[C@H](C(=O)SCF)[C@@]3(C)CC[C@@H]2[C@@]2(C)C=CC(=O)C=C12. The van der Waals surface area contributed by atoms with Crippen LogP contribution in [0.25, 0.3) is 0 Å². The van der Waals surface area contributed by atoms with E-state index in [1.54, 1.807) is 6.08 Å². The van der Waals surface area contributed by atoms with E-state index >= 15 is 0 Å². The Morgan fingerprint density at radius 2 is 2.04 bits per heavy atom.